The highest BCUT2D eigenvalue weighted by Gasteiger charge is 2.40. The molecular formula is C9H19NO2. The van der Waals surface area contributed by atoms with Crippen molar-refractivity contribution in [3.05, 3.63) is 0 Å². The van der Waals surface area contributed by atoms with Gasteiger partial charge in [0.05, 0.1) is 5.60 Å². The first-order valence-corrected chi connectivity index (χ1v) is 4.54. The predicted octanol–water partition coefficient (Wildman–Crippen LogP) is 0.103. The van der Waals surface area contributed by atoms with Gasteiger partial charge >= 0.3 is 0 Å². The van der Waals surface area contributed by atoms with E-state index in [1.165, 1.54) is 0 Å². The summed E-state index contributed by atoms with van der Waals surface area (Å²) in [7, 11) is 0. The van der Waals surface area contributed by atoms with Crippen LogP contribution in [0.4, 0.5) is 0 Å². The smallest absolute Gasteiger partial charge is 0.0623 e. The van der Waals surface area contributed by atoms with Crippen LogP contribution in [0.2, 0.25) is 0 Å². The lowest BCUT2D eigenvalue weighted by atomic mass is 9.83. The summed E-state index contributed by atoms with van der Waals surface area (Å²) in [5.74, 6) is 0.331. The molecule has 12 heavy (non-hydrogen) atoms. The Morgan fingerprint density at radius 1 is 1.42 bits per heavy atom. The third-order valence-electron chi connectivity index (χ3n) is 2.87. The van der Waals surface area contributed by atoms with E-state index in [9.17, 15) is 5.11 Å². The normalized spacial score (nSPS) is 37.2. The van der Waals surface area contributed by atoms with Crippen LogP contribution in [0.15, 0.2) is 0 Å². The van der Waals surface area contributed by atoms with E-state index in [2.05, 4.69) is 0 Å². The van der Waals surface area contributed by atoms with Crippen molar-refractivity contribution >= 4 is 0 Å². The Labute approximate surface area is 73.6 Å². The van der Waals surface area contributed by atoms with E-state index < -0.39 is 5.60 Å². The quantitative estimate of drug-likeness (QED) is 0.555. The highest BCUT2D eigenvalue weighted by molar-refractivity contribution is 4.92. The molecule has 72 valence electrons. The summed E-state index contributed by atoms with van der Waals surface area (Å²) in [6.45, 7) is 3.72. The minimum atomic E-state index is -0.707. The lowest BCUT2D eigenvalue weighted by Crippen LogP contribution is -2.34. The van der Waals surface area contributed by atoms with E-state index in [-0.39, 0.29) is 24.5 Å². The molecule has 3 heteroatoms. The molecule has 1 saturated carbocycles. The molecule has 0 radical (unpaired) electrons. The lowest BCUT2D eigenvalue weighted by molar-refractivity contribution is -0.0112. The molecule has 0 amide bonds. The molecular weight excluding hydrogens is 154 g/mol. The van der Waals surface area contributed by atoms with Gasteiger partial charge in [-0.2, -0.15) is 0 Å². The second kappa shape index (κ2) is 3.32. The fourth-order valence-electron chi connectivity index (χ4n) is 2.23. The molecule has 0 aromatic rings. The van der Waals surface area contributed by atoms with Crippen molar-refractivity contribution in [2.24, 2.45) is 17.6 Å². The number of nitrogens with two attached hydrogens (primary N) is 1. The standard InChI is InChI=1S/C9H19NO2/c1-9(2,12)8-4-7(10)3-6(8)5-11/h6-8,11-12H,3-5,10H2,1-2H3/t6-,7?,8?/m1/s1. The minimum absolute atomic E-state index is 0.141. The molecule has 0 aliphatic heterocycles. The van der Waals surface area contributed by atoms with Crippen molar-refractivity contribution in [2.45, 2.75) is 38.3 Å². The zero-order chi connectivity index (χ0) is 9.35. The molecule has 0 aromatic carbocycles. The maximum Gasteiger partial charge on any atom is 0.0623 e. The van der Waals surface area contributed by atoms with Gasteiger partial charge in [0.2, 0.25) is 0 Å². The zero-order valence-corrected chi connectivity index (χ0v) is 7.83. The number of hydrogen-bond acceptors (Lipinski definition) is 3. The van der Waals surface area contributed by atoms with Gasteiger partial charge in [-0.15, -0.1) is 0 Å². The Balaban J connectivity index is 2.64. The SMILES string of the molecule is CC(C)(O)C1CC(N)C[C@@H]1CO. The number of rotatable bonds is 2. The summed E-state index contributed by atoms with van der Waals surface area (Å²) in [4.78, 5) is 0. The summed E-state index contributed by atoms with van der Waals surface area (Å²) in [5.41, 5.74) is 5.06. The van der Waals surface area contributed by atoms with Gasteiger partial charge in [0.1, 0.15) is 0 Å². The molecule has 0 bridgehead atoms. The van der Waals surface area contributed by atoms with Crippen molar-refractivity contribution < 1.29 is 10.2 Å². The van der Waals surface area contributed by atoms with Crippen LogP contribution in [0.25, 0.3) is 0 Å². The number of aliphatic hydroxyl groups excluding tert-OH is 1. The monoisotopic (exact) mass is 173 g/mol. The topological polar surface area (TPSA) is 66.5 Å². The molecule has 1 aliphatic carbocycles. The fraction of sp³-hybridized carbons (Fsp3) is 1.00. The highest BCUT2D eigenvalue weighted by Crippen LogP contribution is 2.37. The minimum Gasteiger partial charge on any atom is -0.396 e. The third kappa shape index (κ3) is 1.97. The van der Waals surface area contributed by atoms with E-state index >= 15 is 0 Å². The summed E-state index contributed by atoms with van der Waals surface area (Å²) in [6, 6.07) is 0.151. The van der Waals surface area contributed by atoms with Gasteiger partial charge < -0.3 is 15.9 Å². The molecule has 0 aromatic heterocycles. The van der Waals surface area contributed by atoms with Crippen molar-refractivity contribution in [1.82, 2.24) is 0 Å². The molecule has 3 nitrogen and oxygen atoms in total. The first-order chi connectivity index (χ1) is 5.45. The van der Waals surface area contributed by atoms with Crippen LogP contribution in [-0.2, 0) is 0 Å². The molecule has 0 spiro atoms. The van der Waals surface area contributed by atoms with Crippen LogP contribution in [0.3, 0.4) is 0 Å². The Hall–Kier alpha value is -0.120. The number of aliphatic hydroxyl groups is 2. The van der Waals surface area contributed by atoms with Gasteiger partial charge in [-0.25, -0.2) is 0 Å². The average molecular weight is 173 g/mol. The van der Waals surface area contributed by atoms with Crippen molar-refractivity contribution in [2.75, 3.05) is 6.61 Å². The maximum absolute atomic E-state index is 9.77. The molecule has 1 rings (SSSR count). The third-order valence-corrected chi connectivity index (χ3v) is 2.87. The second-order valence-electron chi connectivity index (χ2n) is 4.43. The van der Waals surface area contributed by atoms with Gasteiger partial charge in [-0.3, -0.25) is 0 Å². The van der Waals surface area contributed by atoms with Gasteiger partial charge in [0.15, 0.2) is 0 Å². The highest BCUT2D eigenvalue weighted by atomic mass is 16.3. The van der Waals surface area contributed by atoms with E-state index in [1.807, 2.05) is 0 Å². The second-order valence-corrected chi connectivity index (χ2v) is 4.43. The summed E-state index contributed by atoms with van der Waals surface area (Å²) in [6.07, 6.45) is 1.67. The van der Waals surface area contributed by atoms with Crippen LogP contribution >= 0.6 is 0 Å². The Kier molecular flexibility index (Phi) is 2.76. The van der Waals surface area contributed by atoms with E-state index in [1.54, 1.807) is 13.8 Å². The molecule has 1 aliphatic rings. The van der Waals surface area contributed by atoms with Crippen molar-refractivity contribution in [3.63, 3.8) is 0 Å². The maximum atomic E-state index is 9.77. The summed E-state index contributed by atoms with van der Waals surface area (Å²) in [5, 5.41) is 18.8. The molecule has 4 N–H and O–H groups in total. The van der Waals surface area contributed by atoms with E-state index in [4.69, 9.17) is 10.8 Å². The van der Waals surface area contributed by atoms with Gasteiger partial charge in [-0.05, 0) is 38.5 Å². The van der Waals surface area contributed by atoms with Gasteiger partial charge in [0, 0.05) is 12.6 Å². The zero-order valence-electron chi connectivity index (χ0n) is 7.83. The van der Waals surface area contributed by atoms with Crippen LogP contribution in [-0.4, -0.2) is 28.5 Å². The Morgan fingerprint density at radius 2 is 2.00 bits per heavy atom. The summed E-state index contributed by atoms with van der Waals surface area (Å²) < 4.78 is 0. The molecule has 0 saturated heterocycles. The molecule has 2 unspecified atom stereocenters. The predicted molar refractivity (Wildman–Crippen MR) is 47.6 cm³/mol. The first-order valence-electron chi connectivity index (χ1n) is 4.54. The Morgan fingerprint density at radius 3 is 2.33 bits per heavy atom. The van der Waals surface area contributed by atoms with E-state index in [0.29, 0.717) is 0 Å². The molecule has 1 fully saturated rings. The summed E-state index contributed by atoms with van der Waals surface area (Å²) >= 11 is 0. The van der Waals surface area contributed by atoms with Crippen molar-refractivity contribution in [3.8, 4) is 0 Å². The van der Waals surface area contributed by atoms with Crippen LogP contribution in [0, 0.1) is 11.8 Å². The van der Waals surface area contributed by atoms with Gasteiger partial charge in [0.25, 0.3) is 0 Å². The van der Waals surface area contributed by atoms with Crippen LogP contribution in [0.5, 0.6) is 0 Å². The van der Waals surface area contributed by atoms with Crippen LogP contribution < -0.4 is 5.73 Å². The van der Waals surface area contributed by atoms with Crippen LogP contribution in [0.1, 0.15) is 26.7 Å². The lowest BCUT2D eigenvalue weighted by Gasteiger charge is -2.29. The van der Waals surface area contributed by atoms with Gasteiger partial charge in [-0.1, -0.05) is 0 Å². The molecule has 3 atom stereocenters. The first kappa shape index (κ1) is 9.96. The number of hydrogen-bond donors (Lipinski definition) is 3. The average Bonchev–Trinajstić information content (AvgIpc) is 2.29. The van der Waals surface area contributed by atoms with Crippen molar-refractivity contribution in [1.29, 1.82) is 0 Å². The Bertz CT molecular complexity index is 153. The molecule has 0 heterocycles. The largest absolute Gasteiger partial charge is 0.396 e. The van der Waals surface area contributed by atoms with E-state index in [0.717, 1.165) is 12.8 Å². The fourth-order valence-corrected chi connectivity index (χ4v) is 2.23.